The van der Waals surface area contributed by atoms with Crippen LogP contribution in [0.2, 0.25) is 36.3 Å². The molecular formula is C19H44O4Si2. The Kier molecular flexibility index (Phi) is 9.07. The van der Waals surface area contributed by atoms with Crippen LogP contribution >= 0.6 is 0 Å². The summed E-state index contributed by atoms with van der Waals surface area (Å²) in [6.45, 7) is 25.2. The second kappa shape index (κ2) is 8.98. The van der Waals surface area contributed by atoms with Crippen LogP contribution in [0.1, 0.15) is 48.5 Å². The molecule has 0 aromatic carbocycles. The Labute approximate surface area is 158 Å². The van der Waals surface area contributed by atoms with Gasteiger partial charge >= 0.3 is 0 Å². The smallest absolute Gasteiger partial charge is 0.192 e. The van der Waals surface area contributed by atoms with E-state index in [9.17, 15) is 5.11 Å². The Morgan fingerprint density at radius 3 is 1.64 bits per heavy atom. The summed E-state index contributed by atoms with van der Waals surface area (Å²) >= 11 is 0. The van der Waals surface area contributed by atoms with E-state index in [0.29, 0.717) is 6.61 Å². The van der Waals surface area contributed by atoms with Gasteiger partial charge in [-0.3, -0.25) is 0 Å². The predicted molar refractivity (Wildman–Crippen MR) is 112 cm³/mol. The molecule has 4 nitrogen and oxygen atoms in total. The highest BCUT2D eigenvalue weighted by molar-refractivity contribution is 6.74. The van der Waals surface area contributed by atoms with Gasteiger partial charge in [-0.05, 0) is 36.3 Å². The first-order valence-corrected chi connectivity index (χ1v) is 15.3. The zero-order valence-electron chi connectivity index (χ0n) is 18.8. The lowest BCUT2D eigenvalue weighted by Crippen LogP contribution is -2.52. The minimum Gasteiger partial charge on any atom is -0.416 e. The van der Waals surface area contributed by atoms with Crippen LogP contribution < -0.4 is 0 Å². The Bertz CT molecular complexity index is 393. The summed E-state index contributed by atoms with van der Waals surface area (Å²) in [4.78, 5) is 0. The lowest BCUT2D eigenvalue weighted by atomic mass is 10.0. The molecule has 6 heteroatoms. The van der Waals surface area contributed by atoms with Gasteiger partial charge < -0.3 is 18.7 Å². The van der Waals surface area contributed by atoms with Crippen LogP contribution in [0.15, 0.2) is 0 Å². The van der Waals surface area contributed by atoms with Crippen LogP contribution in [0.5, 0.6) is 0 Å². The first kappa shape index (κ1) is 25.3. The van der Waals surface area contributed by atoms with Gasteiger partial charge in [-0.1, -0.05) is 48.5 Å². The fourth-order valence-electron chi connectivity index (χ4n) is 2.04. The summed E-state index contributed by atoms with van der Waals surface area (Å²) in [5.74, 6) is 0.153. The molecule has 0 aliphatic rings. The van der Waals surface area contributed by atoms with Crippen LogP contribution in [0.25, 0.3) is 0 Å². The van der Waals surface area contributed by atoms with Crippen LogP contribution in [0.3, 0.4) is 0 Å². The average molecular weight is 393 g/mol. The Hall–Kier alpha value is 0.274. The molecule has 0 aromatic rings. The number of ether oxygens (including phenoxy) is 1. The number of methoxy groups -OCH3 is 1. The van der Waals surface area contributed by atoms with Gasteiger partial charge in [0.25, 0.3) is 0 Å². The molecule has 1 N–H and O–H groups in total. The fraction of sp³-hybridized carbons (Fsp3) is 1.00. The van der Waals surface area contributed by atoms with E-state index in [0.717, 1.165) is 0 Å². The predicted octanol–water partition coefficient (Wildman–Crippen LogP) is 5.04. The minimum atomic E-state index is -1.97. The number of hydrogen-bond acceptors (Lipinski definition) is 4. The summed E-state index contributed by atoms with van der Waals surface area (Å²) in [6.07, 6.45) is -0.493. The minimum absolute atomic E-state index is 0.0414. The van der Waals surface area contributed by atoms with Crippen molar-refractivity contribution in [2.75, 3.05) is 20.3 Å². The molecule has 0 radical (unpaired) electrons. The first-order chi connectivity index (χ1) is 11.0. The van der Waals surface area contributed by atoms with Gasteiger partial charge in [0.05, 0.1) is 12.7 Å². The van der Waals surface area contributed by atoms with E-state index in [-0.39, 0.29) is 34.8 Å². The molecule has 0 bridgehead atoms. The number of aliphatic hydroxyl groups is 1. The third kappa shape index (κ3) is 7.07. The van der Waals surface area contributed by atoms with Gasteiger partial charge in [-0.25, -0.2) is 0 Å². The van der Waals surface area contributed by atoms with Gasteiger partial charge in [-0.15, -0.1) is 0 Å². The van der Waals surface area contributed by atoms with Gasteiger partial charge in [0.2, 0.25) is 0 Å². The van der Waals surface area contributed by atoms with E-state index < -0.39 is 16.6 Å². The van der Waals surface area contributed by atoms with Crippen molar-refractivity contribution >= 4 is 16.6 Å². The molecule has 0 saturated heterocycles. The molecule has 0 aromatic heterocycles. The first-order valence-electron chi connectivity index (χ1n) is 9.45. The number of aliphatic hydroxyl groups excluding tert-OH is 1. The lowest BCUT2D eigenvalue weighted by Gasteiger charge is -2.43. The lowest BCUT2D eigenvalue weighted by molar-refractivity contribution is -0.0628. The topological polar surface area (TPSA) is 47.9 Å². The van der Waals surface area contributed by atoms with Crippen LogP contribution in [-0.4, -0.2) is 54.3 Å². The second-order valence-electron chi connectivity index (χ2n) is 10.3. The van der Waals surface area contributed by atoms with Crippen LogP contribution in [0, 0.1) is 5.92 Å². The number of hydrogen-bond donors (Lipinski definition) is 1. The van der Waals surface area contributed by atoms with Gasteiger partial charge in [0.1, 0.15) is 6.10 Å². The second-order valence-corrected chi connectivity index (χ2v) is 19.9. The average Bonchev–Trinajstić information content (AvgIpc) is 2.42. The molecular weight excluding hydrogens is 348 g/mol. The van der Waals surface area contributed by atoms with Crippen molar-refractivity contribution in [2.24, 2.45) is 5.92 Å². The molecule has 0 amide bonds. The van der Waals surface area contributed by atoms with E-state index in [1.165, 1.54) is 0 Å². The summed E-state index contributed by atoms with van der Waals surface area (Å²) in [6, 6.07) is 0. The maximum Gasteiger partial charge on any atom is 0.192 e. The molecule has 0 spiro atoms. The highest BCUT2D eigenvalue weighted by atomic mass is 28.4. The molecule has 152 valence electrons. The summed E-state index contributed by atoms with van der Waals surface area (Å²) in [5, 5.41) is 10.1. The van der Waals surface area contributed by atoms with E-state index in [1.807, 2.05) is 0 Å². The summed E-state index contributed by atoms with van der Waals surface area (Å²) in [7, 11) is -2.14. The van der Waals surface area contributed by atoms with Crippen molar-refractivity contribution in [1.82, 2.24) is 0 Å². The fourth-order valence-corrected chi connectivity index (χ4v) is 4.57. The SMILES string of the molecule is CO[C@@H](CO)[C@@H](O[Si](C)(C)C(C)(C)C)[C@H](C)CO[Si](C)(C)C(C)(C)C. The standard InChI is InChI=1S/C19H44O4Si2/c1-15(14-22-24(9,10)18(2,3)4)17(16(13-20)21-8)23-25(11,12)19(5,6)7/h15-17,20H,13-14H2,1-12H3/t15-,16+,17+/m1/s1. The van der Waals surface area contributed by atoms with E-state index in [4.69, 9.17) is 13.6 Å². The van der Waals surface area contributed by atoms with Crippen molar-refractivity contribution in [3.05, 3.63) is 0 Å². The third-order valence-corrected chi connectivity index (χ3v) is 15.1. The molecule has 0 unspecified atom stereocenters. The quantitative estimate of drug-likeness (QED) is 0.558. The van der Waals surface area contributed by atoms with E-state index in [2.05, 4.69) is 74.7 Å². The normalized spacial score (nSPS) is 18.1. The Morgan fingerprint density at radius 1 is 0.880 bits per heavy atom. The maximum atomic E-state index is 9.78. The molecule has 0 heterocycles. The van der Waals surface area contributed by atoms with Gasteiger partial charge in [0, 0.05) is 19.6 Å². The monoisotopic (exact) mass is 392 g/mol. The zero-order valence-corrected chi connectivity index (χ0v) is 20.8. The van der Waals surface area contributed by atoms with E-state index in [1.54, 1.807) is 7.11 Å². The van der Waals surface area contributed by atoms with Crippen molar-refractivity contribution in [2.45, 2.75) is 96.9 Å². The van der Waals surface area contributed by atoms with Crippen molar-refractivity contribution in [1.29, 1.82) is 0 Å². The summed E-state index contributed by atoms with van der Waals surface area (Å²) in [5.41, 5.74) is 0. The Balaban J connectivity index is 5.30. The van der Waals surface area contributed by atoms with Crippen molar-refractivity contribution in [3.63, 3.8) is 0 Å². The molecule has 0 aliphatic carbocycles. The molecule has 0 fully saturated rings. The molecule has 0 saturated carbocycles. The highest BCUT2D eigenvalue weighted by Crippen LogP contribution is 2.40. The Morgan fingerprint density at radius 2 is 1.32 bits per heavy atom. The highest BCUT2D eigenvalue weighted by Gasteiger charge is 2.43. The van der Waals surface area contributed by atoms with Gasteiger partial charge in [0.15, 0.2) is 16.6 Å². The van der Waals surface area contributed by atoms with Crippen molar-refractivity contribution < 1.29 is 18.7 Å². The summed E-state index contributed by atoms with van der Waals surface area (Å²) < 4.78 is 18.6. The maximum absolute atomic E-state index is 9.78. The molecule has 3 atom stereocenters. The van der Waals surface area contributed by atoms with Crippen LogP contribution in [-0.2, 0) is 13.6 Å². The molecule has 25 heavy (non-hydrogen) atoms. The third-order valence-electron chi connectivity index (χ3n) is 6.16. The largest absolute Gasteiger partial charge is 0.416 e. The molecule has 0 aliphatic heterocycles. The van der Waals surface area contributed by atoms with Crippen molar-refractivity contribution in [3.8, 4) is 0 Å². The molecule has 0 rings (SSSR count). The zero-order chi connectivity index (χ0) is 20.3. The van der Waals surface area contributed by atoms with E-state index >= 15 is 0 Å². The van der Waals surface area contributed by atoms with Crippen LogP contribution in [0.4, 0.5) is 0 Å². The number of rotatable bonds is 9. The van der Waals surface area contributed by atoms with Gasteiger partial charge in [-0.2, -0.15) is 0 Å².